The molecular weight excluding hydrogens is 208 g/mol. The minimum Gasteiger partial charge on any atom is -0.480 e. The summed E-state index contributed by atoms with van der Waals surface area (Å²) < 4.78 is -0.562. The van der Waals surface area contributed by atoms with Gasteiger partial charge in [0, 0.05) is 0 Å². The number of halogens is 1. The zero-order valence-corrected chi connectivity index (χ0v) is 7.85. The van der Waals surface area contributed by atoms with Crippen molar-refractivity contribution < 1.29 is 9.90 Å². The molecule has 0 aromatic carbocycles. The molecule has 0 atom stereocenters. The number of carbonyl (C=O) groups is 1. The molecule has 0 aliphatic heterocycles. The summed E-state index contributed by atoms with van der Waals surface area (Å²) in [4.78, 5) is 10.7. The van der Waals surface area contributed by atoms with E-state index in [1.165, 1.54) is 19.3 Å². The lowest BCUT2D eigenvalue weighted by molar-refractivity contribution is -0.149. The number of carboxylic acids is 1. The maximum absolute atomic E-state index is 10.7. The van der Waals surface area contributed by atoms with Gasteiger partial charge < -0.3 is 5.11 Å². The van der Waals surface area contributed by atoms with E-state index in [1.54, 1.807) is 0 Å². The monoisotopic (exact) mass is 218 g/mol. The van der Waals surface area contributed by atoms with Gasteiger partial charge in [-0.05, 0) is 31.1 Å². The quantitative estimate of drug-likeness (QED) is 0.686. The summed E-state index contributed by atoms with van der Waals surface area (Å²) in [5.41, 5.74) is 0.432. The number of hydrogen-bond acceptors (Lipinski definition) is 1. The standard InChI is InChI=1S/C8H11BrO2/c9-8(6(10)11)4-7(5-8)2-1-3-7/h1-5H2,(H,10,11). The van der Waals surface area contributed by atoms with Crippen molar-refractivity contribution in [2.45, 2.75) is 36.4 Å². The van der Waals surface area contributed by atoms with Crippen LogP contribution >= 0.6 is 15.9 Å². The summed E-state index contributed by atoms with van der Waals surface area (Å²) in [7, 11) is 0. The first-order valence-electron chi connectivity index (χ1n) is 3.99. The summed E-state index contributed by atoms with van der Waals surface area (Å²) in [6, 6.07) is 0. The Balaban J connectivity index is 2.00. The Bertz CT molecular complexity index is 200. The van der Waals surface area contributed by atoms with Crippen LogP contribution in [0, 0.1) is 5.41 Å². The molecule has 2 nitrogen and oxygen atoms in total. The molecule has 11 heavy (non-hydrogen) atoms. The zero-order valence-electron chi connectivity index (χ0n) is 6.27. The Morgan fingerprint density at radius 2 is 1.91 bits per heavy atom. The Hall–Kier alpha value is -0.0500. The molecule has 62 valence electrons. The number of hydrogen-bond donors (Lipinski definition) is 1. The van der Waals surface area contributed by atoms with Gasteiger partial charge in [0.1, 0.15) is 4.32 Å². The minimum atomic E-state index is -0.685. The van der Waals surface area contributed by atoms with E-state index in [0.717, 1.165) is 12.8 Å². The van der Waals surface area contributed by atoms with E-state index in [2.05, 4.69) is 15.9 Å². The van der Waals surface area contributed by atoms with Crippen LogP contribution in [-0.4, -0.2) is 15.4 Å². The molecule has 2 saturated carbocycles. The van der Waals surface area contributed by atoms with E-state index in [0.29, 0.717) is 5.41 Å². The highest BCUT2D eigenvalue weighted by Gasteiger charge is 2.59. The number of alkyl halides is 1. The molecule has 2 aliphatic rings. The minimum absolute atomic E-state index is 0.432. The predicted octanol–water partition coefficient (Wildman–Crippen LogP) is 2.17. The molecule has 0 heterocycles. The number of rotatable bonds is 1. The highest BCUT2D eigenvalue weighted by Crippen LogP contribution is 2.63. The normalized spacial score (nSPS) is 30.6. The summed E-state index contributed by atoms with van der Waals surface area (Å²) >= 11 is 3.28. The van der Waals surface area contributed by atoms with Crippen LogP contribution in [0.15, 0.2) is 0 Å². The van der Waals surface area contributed by atoms with Crippen molar-refractivity contribution in [1.29, 1.82) is 0 Å². The van der Waals surface area contributed by atoms with Crippen LogP contribution in [0.2, 0.25) is 0 Å². The number of carboxylic acid groups (broad SMARTS) is 1. The maximum atomic E-state index is 10.7. The van der Waals surface area contributed by atoms with Crippen LogP contribution in [-0.2, 0) is 4.79 Å². The third-order valence-electron chi connectivity index (χ3n) is 3.11. The van der Waals surface area contributed by atoms with Crippen molar-refractivity contribution in [2.75, 3.05) is 0 Å². The average Bonchev–Trinajstić information content (AvgIpc) is 1.75. The lowest BCUT2D eigenvalue weighted by Gasteiger charge is -2.56. The first-order chi connectivity index (χ1) is 5.06. The lowest BCUT2D eigenvalue weighted by atomic mass is 9.52. The zero-order chi connectivity index (χ0) is 8.11. The van der Waals surface area contributed by atoms with E-state index in [1.807, 2.05) is 0 Å². The smallest absolute Gasteiger partial charge is 0.320 e. The summed E-state index contributed by atoms with van der Waals surface area (Å²) in [5, 5.41) is 8.80. The first-order valence-corrected chi connectivity index (χ1v) is 4.78. The number of aliphatic carboxylic acids is 1. The Morgan fingerprint density at radius 1 is 1.36 bits per heavy atom. The molecule has 3 heteroatoms. The van der Waals surface area contributed by atoms with Gasteiger partial charge in [0.25, 0.3) is 0 Å². The molecule has 0 aromatic rings. The van der Waals surface area contributed by atoms with Crippen molar-refractivity contribution in [1.82, 2.24) is 0 Å². The van der Waals surface area contributed by atoms with Crippen LogP contribution in [0.3, 0.4) is 0 Å². The molecule has 0 aromatic heterocycles. The second kappa shape index (κ2) is 2.00. The third kappa shape index (κ3) is 0.934. The van der Waals surface area contributed by atoms with Gasteiger partial charge in [-0.1, -0.05) is 22.4 Å². The van der Waals surface area contributed by atoms with E-state index in [4.69, 9.17) is 5.11 Å². The average molecular weight is 219 g/mol. The Kier molecular flexibility index (Phi) is 1.38. The highest BCUT2D eigenvalue weighted by atomic mass is 79.9. The second-order valence-electron chi connectivity index (χ2n) is 3.98. The van der Waals surface area contributed by atoms with Crippen LogP contribution < -0.4 is 0 Å². The molecule has 2 fully saturated rings. The molecule has 1 N–H and O–H groups in total. The van der Waals surface area contributed by atoms with Crippen molar-refractivity contribution in [3.8, 4) is 0 Å². The van der Waals surface area contributed by atoms with Gasteiger partial charge in [0.2, 0.25) is 0 Å². The topological polar surface area (TPSA) is 37.3 Å². The van der Waals surface area contributed by atoms with Gasteiger partial charge in [-0.2, -0.15) is 0 Å². The highest BCUT2D eigenvalue weighted by molar-refractivity contribution is 9.10. The van der Waals surface area contributed by atoms with Crippen LogP contribution in [0.25, 0.3) is 0 Å². The molecule has 2 aliphatic carbocycles. The molecule has 0 saturated heterocycles. The van der Waals surface area contributed by atoms with Gasteiger partial charge in [-0.25, -0.2) is 0 Å². The second-order valence-corrected chi connectivity index (χ2v) is 5.50. The van der Waals surface area contributed by atoms with Crippen molar-refractivity contribution in [3.63, 3.8) is 0 Å². The van der Waals surface area contributed by atoms with E-state index in [9.17, 15) is 4.79 Å². The van der Waals surface area contributed by atoms with Gasteiger partial charge >= 0.3 is 5.97 Å². The van der Waals surface area contributed by atoms with Crippen LogP contribution in [0.1, 0.15) is 32.1 Å². The molecule has 0 radical (unpaired) electrons. The van der Waals surface area contributed by atoms with Crippen molar-refractivity contribution in [3.05, 3.63) is 0 Å². The van der Waals surface area contributed by atoms with Gasteiger partial charge in [0.15, 0.2) is 0 Å². The van der Waals surface area contributed by atoms with Crippen LogP contribution in [0.4, 0.5) is 0 Å². The molecule has 0 bridgehead atoms. The fourth-order valence-corrected chi connectivity index (χ4v) is 3.51. The van der Waals surface area contributed by atoms with E-state index < -0.39 is 10.3 Å². The molecule has 0 amide bonds. The van der Waals surface area contributed by atoms with Gasteiger partial charge in [-0.15, -0.1) is 0 Å². The van der Waals surface area contributed by atoms with E-state index >= 15 is 0 Å². The van der Waals surface area contributed by atoms with Crippen molar-refractivity contribution >= 4 is 21.9 Å². The van der Waals surface area contributed by atoms with Crippen LogP contribution in [0.5, 0.6) is 0 Å². The fraction of sp³-hybridized carbons (Fsp3) is 0.875. The Labute approximate surface area is 74.1 Å². The largest absolute Gasteiger partial charge is 0.480 e. The molecule has 0 unspecified atom stereocenters. The predicted molar refractivity (Wildman–Crippen MR) is 44.8 cm³/mol. The molecule has 1 spiro atoms. The van der Waals surface area contributed by atoms with Gasteiger partial charge in [-0.3, -0.25) is 4.79 Å². The summed E-state index contributed by atoms with van der Waals surface area (Å²) in [5.74, 6) is -0.685. The third-order valence-corrected chi connectivity index (χ3v) is 4.01. The lowest BCUT2D eigenvalue weighted by Crippen LogP contribution is -2.55. The fourth-order valence-electron chi connectivity index (χ4n) is 2.32. The first kappa shape index (κ1) is 7.59. The van der Waals surface area contributed by atoms with Gasteiger partial charge in [0.05, 0.1) is 0 Å². The van der Waals surface area contributed by atoms with Crippen molar-refractivity contribution in [2.24, 2.45) is 5.41 Å². The summed E-state index contributed by atoms with van der Waals surface area (Å²) in [6.07, 6.45) is 5.47. The summed E-state index contributed by atoms with van der Waals surface area (Å²) in [6.45, 7) is 0. The SMILES string of the molecule is O=C(O)C1(Br)CC2(CCC2)C1. The molecular formula is C8H11BrO2. The maximum Gasteiger partial charge on any atom is 0.320 e. The Morgan fingerprint density at radius 3 is 2.18 bits per heavy atom. The molecule has 2 rings (SSSR count). The van der Waals surface area contributed by atoms with E-state index in [-0.39, 0.29) is 0 Å².